The molecule has 0 spiro atoms. The Morgan fingerprint density at radius 1 is 1.05 bits per heavy atom. The minimum atomic E-state index is 0.152. The van der Waals surface area contributed by atoms with Gasteiger partial charge in [-0.3, -0.25) is 5.43 Å². The zero-order valence-corrected chi connectivity index (χ0v) is 25.8. The summed E-state index contributed by atoms with van der Waals surface area (Å²) in [6, 6.07) is 3.08. The monoisotopic (exact) mass is 577 g/mol. The third kappa shape index (κ3) is 5.58. The van der Waals surface area contributed by atoms with Crippen molar-refractivity contribution in [1.29, 1.82) is 0 Å². The van der Waals surface area contributed by atoms with Gasteiger partial charge in [0, 0.05) is 65.2 Å². The van der Waals surface area contributed by atoms with Gasteiger partial charge in [-0.1, -0.05) is 56.6 Å². The van der Waals surface area contributed by atoms with Crippen molar-refractivity contribution in [3.05, 3.63) is 12.3 Å². The van der Waals surface area contributed by atoms with Crippen LogP contribution in [0.15, 0.2) is 12.3 Å². The van der Waals surface area contributed by atoms with E-state index in [9.17, 15) is 0 Å². The second kappa shape index (κ2) is 12.2. The van der Waals surface area contributed by atoms with Crippen LogP contribution in [-0.2, 0) is 0 Å². The van der Waals surface area contributed by atoms with Gasteiger partial charge in [-0.2, -0.15) is 0 Å². The van der Waals surface area contributed by atoms with E-state index in [0.29, 0.717) is 46.7 Å². The van der Waals surface area contributed by atoms with E-state index in [1.54, 1.807) is 0 Å². The summed E-state index contributed by atoms with van der Waals surface area (Å²) in [5, 5.41) is 6.63. The van der Waals surface area contributed by atoms with Crippen LogP contribution in [0, 0.1) is 29.6 Å². The van der Waals surface area contributed by atoms with E-state index in [0.717, 1.165) is 37.4 Å². The maximum atomic E-state index is 6.91. The van der Waals surface area contributed by atoms with E-state index in [1.165, 1.54) is 69.9 Å². The molecule has 212 valence electrons. The van der Waals surface area contributed by atoms with Crippen LogP contribution in [0.5, 0.6) is 0 Å². The molecule has 37 heavy (non-hydrogen) atoms. The van der Waals surface area contributed by atoms with E-state index >= 15 is 0 Å². The predicted octanol–water partition coefficient (Wildman–Crippen LogP) is 5.65. The van der Waals surface area contributed by atoms with Gasteiger partial charge in [0.25, 0.3) is 0 Å². The Balaban J connectivity index is 1.33. The number of fused-ring (bicyclic) bond motifs is 1. The molecule has 5 aliphatic rings. The number of rotatable bonds is 9. The van der Waals surface area contributed by atoms with Crippen molar-refractivity contribution in [3.63, 3.8) is 0 Å². The summed E-state index contributed by atoms with van der Waals surface area (Å²) in [5.74, 6) is 3.63. The molecule has 4 N–H and O–H groups in total. The fourth-order valence-electron chi connectivity index (χ4n) is 9.17. The molecule has 0 radical (unpaired) electrons. The minimum Gasteiger partial charge on any atom is -0.372 e. The van der Waals surface area contributed by atoms with Gasteiger partial charge in [-0.05, 0) is 88.5 Å². The van der Waals surface area contributed by atoms with Gasteiger partial charge in [0.2, 0.25) is 0 Å². The number of hydrogen-bond donors (Lipinski definition) is 3. The fourth-order valence-corrected chi connectivity index (χ4v) is 9.93. The SMILES string of the molecule is C=C(C1C(N)CC(Br)C(C)C1NCC)N1CCC2C(C(CCC)NN2C2CCC(C3CC3)CC2)C1CC. The van der Waals surface area contributed by atoms with E-state index in [1.807, 2.05) is 0 Å². The molecule has 0 bridgehead atoms. The first-order chi connectivity index (χ1) is 17.9. The Morgan fingerprint density at radius 2 is 1.73 bits per heavy atom. The Labute approximate surface area is 236 Å². The van der Waals surface area contributed by atoms with Crippen molar-refractivity contribution in [2.45, 2.75) is 139 Å². The lowest BCUT2D eigenvalue weighted by atomic mass is 9.71. The number of nitrogens with one attached hydrogen (secondary N) is 2. The summed E-state index contributed by atoms with van der Waals surface area (Å²) < 4.78 is 0. The Kier molecular flexibility index (Phi) is 9.33. The molecule has 0 amide bonds. The Morgan fingerprint density at radius 3 is 2.32 bits per heavy atom. The first kappa shape index (κ1) is 28.4. The highest BCUT2D eigenvalue weighted by molar-refractivity contribution is 9.09. The molecular formula is C31H56BrN5. The zero-order valence-electron chi connectivity index (χ0n) is 24.2. The van der Waals surface area contributed by atoms with Crippen LogP contribution in [-0.4, -0.2) is 64.1 Å². The molecule has 3 aliphatic carbocycles. The number of alkyl halides is 1. The van der Waals surface area contributed by atoms with Crippen molar-refractivity contribution in [3.8, 4) is 0 Å². The second-order valence-corrected chi connectivity index (χ2v) is 14.5. The van der Waals surface area contributed by atoms with Crippen LogP contribution in [0.3, 0.4) is 0 Å². The number of halogens is 1. The summed E-state index contributed by atoms with van der Waals surface area (Å²) in [7, 11) is 0. The van der Waals surface area contributed by atoms with Gasteiger partial charge in [0.05, 0.1) is 0 Å². The maximum absolute atomic E-state index is 6.91. The number of piperidine rings is 1. The zero-order chi connectivity index (χ0) is 26.3. The molecule has 0 aromatic carbocycles. The Bertz CT molecular complexity index is 765. The molecule has 0 aromatic heterocycles. The molecule has 9 unspecified atom stereocenters. The summed E-state index contributed by atoms with van der Waals surface area (Å²) >= 11 is 3.95. The molecule has 3 saturated carbocycles. The summed E-state index contributed by atoms with van der Waals surface area (Å²) in [6.07, 6.45) is 14.7. The minimum absolute atomic E-state index is 0.152. The highest BCUT2D eigenvalue weighted by Crippen LogP contribution is 2.47. The molecule has 9 atom stereocenters. The highest BCUT2D eigenvalue weighted by Gasteiger charge is 2.53. The smallest absolute Gasteiger partial charge is 0.0343 e. The van der Waals surface area contributed by atoms with Crippen molar-refractivity contribution in [2.24, 2.45) is 35.3 Å². The lowest BCUT2D eigenvalue weighted by Gasteiger charge is -2.52. The topological polar surface area (TPSA) is 56.6 Å². The first-order valence-electron chi connectivity index (χ1n) is 16.0. The van der Waals surface area contributed by atoms with E-state index in [4.69, 9.17) is 12.3 Å². The van der Waals surface area contributed by atoms with Crippen molar-refractivity contribution in [1.82, 2.24) is 20.7 Å². The van der Waals surface area contributed by atoms with Crippen LogP contribution in [0.2, 0.25) is 0 Å². The van der Waals surface area contributed by atoms with Crippen molar-refractivity contribution >= 4 is 15.9 Å². The average molecular weight is 579 g/mol. The fraction of sp³-hybridized carbons (Fsp3) is 0.935. The van der Waals surface area contributed by atoms with Crippen molar-refractivity contribution < 1.29 is 0 Å². The van der Waals surface area contributed by atoms with Crippen LogP contribution in [0.1, 0.15) is 98.3 Å². The van der Waals surface area contributed by atoms with E-state index in [2.05, 4.69) is 64.3 Å². The molecule has 2 heterocycles. The number of hydrogen-bond acceptors (Lipinski definition) is 5. The van der Waals surface area contributed by atoms with Crippen LogP contribution in [0.25, 0.3) is 0 Å². The molecular weight excluding hydrogens is 522 g/mol. The lowest BCUT2D eigenvalue weighted by Crippen LogP contribution is -2.61. The molecule has 5 nitrogen and oxygen atoms in total. The second-order valence-electron chi connectivity index (χ2n) is 13.3. The summed E-state index contributed by atoms with van der Waals surface area (Å²) in [5.41, 5.74) is 12.4. The van der Waals surface area contributed by atoms with E-state index in [-0.39, 0.29) is 6.04 Å². The third-order valence-corrected chi connectivity index (χ3v) is 12.4. The molecule has 6 heteroatoms. The highest BCUT2D eigenvalue weighted by atomic mass is 79.9. The van der Waals surface area contributed by atoms with Crippen LogP contribution in [0.4, 0.5) is 0 Å². The predicted molar refractivity (Wildman–Crippen MR) is 159 cm³/mol. The van der Waals surface area contributed by atoms with Gasteiger partial charge < -0.3 is 16.0 Å². The van der Waals surface area contributed by atoms with Crippen LogP contribution >= 0.6 is 15.9 Å². The van der Waals surface area contributed by atoms with Crippen LogP contribution < -0.4 is 16.5 Å². The molecule has 2 aliphatic heterocycles. The van der Waals surface area contributed by atoms with Gasteiger partial charge in [0.1, 0.15) is 0 Å². The maximum Gasteiger partial charge on any atom is 0.0343 e. The Hall–Kier alpha value is -0.140. The van der Waals surface area contributed by atoms with E-state index < -0.39 is 0 Å². The summed E-state index contributed by atoms with van der Waals surface area (Å²) in [4.78, 5) is 3.22. The summed E-state index contributed by atoms with van der Waals surface area (Å²) in [6.45, 7) is 16.3. The quantitative estimate of drug-likeness (QED) is 0.309. The van der Waals surface area contributed by atoms with Crippen molar-refractivity contribution in [2.75, 3.05) is 13.1 Å². The number of nitrogens with zero attached hydrogens (tertiary/aromatic N) is 2. The molecule has 5 rings (SSSR count). The first-order valence-corrected chi connectivity index (χ1v) is 16.9. The molecule has 5 fully saturated rings. The lowest BCUT2D eigenvalue weighted by molar-refractivity contribution is 0.0167. The molecule has 0 aromatic rings. The van der Waals surface area contributed by atoms with Gasteiger partial charge in [-0.15, -0.1) is 0 Å². The number of hydrazine groups is 1. The van der Waals surface area contributed by atoms with Gasteiger partial charge in [0.15, 0.2) is 0 Å². The number of likely N-dealkylation sites (tertiary alicyclic amines) is 1. The molecule has 2 saturated heterocycles. The standard InChI is InChI=1S/C31H56BrN5/c1-6-9-26-30-27(7-2)36(20(5)29-25(33)18-24(32)19(4)31(29)34-8-3)17-16-28(30)37(35-26)23-14-12-22(13-15-23)21-10-11-21/h19,21-31,34-35H,5-18,33H2,1-4H3. The number of nitrogens with two attached hydrogens (primary N) is 1. The average Bonchev–Trinajstić information content (AvgIpc) is 3.69. The van der Waals surface area contributed by atoms with Gasteiger partial charge in [-0.25, -0.2) is 5.01 Å². The largest absolute Gasteiger partial charge is 0.372 e. The normalized spacial score (nSPS) is 45.1. The van der Waals surface area contributed by atoms with Gasteiger partial charge >= 0.3 is 0 Å². The third-order valence-electron chi connectivity index (χ3n) is 11.2.